The Morgan fingerprint density at radius 3 is 2.93 bits per heavy atom. The zero-order valence-electron chi connectivity index (χ0n) is 16.5. The molecule has 0 aliphatic carbocycles. The van der Waals surface area contributed by atoms with Crippen LogP contribution < -0.4 is 10.1 Å². The van der Waals surface area contributed by atoms with Gasteiger partial charge in [0.1, 0.15) is 5.75 Å². The van der Waals surface area contributed by atoms with Crippen molar-refractivity contribution in [3.8, 4) is 5.75 Å². The summed E-state index contributed by atoms with van der Waals surface area (Å²) in [5.41, 5.74) is 2.34. The molecule has 0 unspecified atom stereocenters. The van der Waals surface area contributed by atoms with Crippen LogP contribution in [0.3, 0.4) is 0 Å². The number of anilines is 1. The molecule has 1 saturated heterocycles. The summed E-state index contributed by atoms with van der Waals surface area (Å²) < 4.78 is 7.11. The summed E-state index contributed by atoms with van der Waals surface area (Å²) in [6.07, 6.45) is 7.69. The first-order chi connectivity index (χ1) is 14.2. The molecule has 0 saturated carbocycles. The summed E-state index contributed by atoms with van der Waals surface area (Å²) in [7, 11) is 1.61. The van der Waals surface area contributed by atoms with Crippen LogP contribution in [0, 0.1) is 0 Å². The summed E-state index contributed by atoms with van der Waals surface area (Å²) in [6, 6.07) is 9.02. The van der Waals surface area contributed by atoms with Crippen LogP contribution >= 0.6 is 0 Å². The number of H-pyrrole nitrogens is 1. The molecule has 1 amide bonds. The molecule has 152 valence electrons. The fraction of sp³-hybridized carbons (Fsp3) is 0.381. The molecule has 1 fully saturated rings. The fourth-order valence-corrected chi connectivity index (χ4v) is 3.81. The van der Waals surface area contributed by atoms with E-state index in [1.54, 1.807) is 43.8 Å². The Hall–Kier alpha value is -3.13. The van der Waals surface area contributed by atoms with E-state index in [1.165, 1.54) is 0 Å². The van der Waals surface area contributed by atoms with Crippen molar-refractivity contribution < 1.29 is 9.53 Å². The molecule has 0 radical (unpaired) electrons. The summed E-state index contributed by atoms with van der Waals surface area (Å²) in [6.45, 7) is 3.86. The third-order valence-electron chi connectivity index (χ3n) is 5.39. The van der Waals surface area contributed by atoms with Crippen LogP contribution in [-0.4, -0.2) is 57.5 Å². The lowest BCUT2D eigenvalue weighted by Gasteiger charge is -2.32. The van der Waals surface area contributed by atoms with E-state index in [1.807, 2.05) is 16.9 Å². The summed E-state index contributed by atoms with van der Waals surface area (Å²) >= 11 is 0. The number of amides is 1. The van der Waals surface area contributed by atoms with Gasteiger partial charge in [-0.25, -0.2) is 0 Å². The normalized spacial score (nSPS) is 17.2. The molecule has 3 heterocycles. The monoisotopic (exact) mass is 394 g/mol. The van der Waals surface area contributed by atoms with E-state index in [9.17, 15) is 4.79 Å². The largest absolute Gasteiger partial charge is 0.497 e. The molecule has 8 heteroatoms. The number of ether oxygens (including phenoxy) is 1. The molecule has 3 aromatic rings. The maximum absolute atomic E-state index is 12.6. The number of nitrogens with zero attached hydrogens (tertiary/aromatic N) is 4. The Morgan fingerprint density at radius 1 is 1.31 bits per heavy atom. The fourth-order valence-electron chi connectivity index (χ4n) is 3.81. The number of piperidine rings is 1. The highest BCUT2D eigenvalue weighted by Gasteiger charge is 2.25. The minimum Gasteiger partial charge on any atom is -0.497 e. The van der Waals surface area contributed by atoms with Crippen molar-refractivity contribution in [2.45, 2.75) is 25.3 Å². The molecule has 1 aliphatic heterocycles. The van der Waals surface area contributed by atoms with Gasteiger partial charge in [0, 0.05) is 37.0 Å². The molecular formula is C21H26N6O2. The molecule has 1 aromatic carbocycles. The van der Waals surface area contributed by atoms with Crippen molar-refractivity contribution >= 4 is 11.6 Å². The molecule has 1 aliphatic rings. The van der Waals surface area contributed by atoms with Crippen LogP contribution in [0.2, 0.25) is 0 Å². The Labute approximate surface area is 169 Å². The Kier molecular flexibility index (Phi) is 5.90. The van der Waals surface area contributed by atoms with Gasteiger partial charge >= 0.3 is 0 Å². The van der Waals surface area contributed by atoms with Gasteiger partial charge in [-0.3, -0.25) is 14.6 Å². The zero-order valence-corrected chi connectivity index (χ0v) is 16.5. The number of benzene rings is 1. The second kappa shape index (κ2) is 8.91. The predicted molar refractivity (Wildman–Crippen MR) is 110 cm³/mol. The number of likely N-dealkylation sites (tertiary alicyclic amines) is 1. The van der Waals surface area contributed by atoms with Gasteiger partial charge in [0.15, 0.2) is 0 Å². The molecule has 2 aromatic heterocycles. The quantitative estimate of drug-likeness (QED) is 0.643. The molecule has 29 heavy (non-hydrogen) atoms. The summed E-state index contributed by atoms with van der Waals surface area (Å²) in [5.74, 6) is 0.889. The second-order valence-corrected chi connectivity index (χ2v) is 7.29. The van der Waals surface area contributed by atoms with Crippen LogP contribution in [0.25, 0.3) is 0 Å². The lowest BCUT2D eigenvalue weighted by Crippen LogP contribution is -2.37. The van der Waals surface area contributed by atoms with Gasteiger partial charge < -0.3 is 15.0 Å². The van der Waals surface area contributed by atoms with Gasteiger partial charge in [0.2, 0.25) is 0 Å². The van der Waals surface area contributed by atoms with Crippen molar-refractivity contribution in [1.82, 2.24) is 24.9 Å². The average molecular weight is 394 g/mol. The SMILES string of the molecule is COc1ccc(C(=O)Nc2cn[nH]c2[C@@H]2CCCN(CCn3cccn3)C2)cc1. The van der Waals surface area contributed by atoms with Crippen LogP contribution in [-0.2, 0) is 6.54 Å². The van der Waals surface area contributed by atoms with E-state index in [4.69, 9.17) is 4.74 Å². The average Bonchev–Trinajstić information content (AvgIpc) is 3.44. The number of methoxy groups -OCH3 is 1. The Bertz CT molecular complexity index is 919. The van der Waals surface area contributed by atoms with E-state index in [0.717, 1.165) is 56.2 Å². The number of nitrogens with one attached hydrogen (secondary N) is 2. The van der Waals surface area contributed by atoms with Crippen molar-refractivity contribution in [2.75, 3.05) is 32.1 Å². The van der Waals surface area contributed by atoms with Gasteiger partial charge in [-0.05, 0) is 49.7 Å². The third-order valence-corrected chi connectivity index (χ3v) is 5.39. The van der Waals surface area contributed by atoms with E-state index in [-0.39, 0.29) is 5.91 Å². The number of carbonyl (C=O) groups is 1. The molecule has 0 spiro atoms. The highest BCUT2D eigenvalue weighted by atomic mass is 16.5. The van der Waals surface area contributed by atoms with Crippen LogP contribution in [0.15, 0.2) is 48.9 Å². The van der Waals surface area contributed by atoms with Crippen molar-refractivity contribution in [1.29, 1.82) is 0 Å². The van der Waals surface area contributed by atoms with Gasteiger partial charge in [-0.15, -0.1) is 0 Å². The molecule has 1 atom stereocenters. The van der Waals surface area contributed by atoms with E-state index >= 15 is 0 Å². The van der Waals surface area contributed by atoms with Gasteiger partial charge in [-0.1, -0.05) is 0 Å². The van der Waals surface area contributed by atoms with Crippen molar-refractivity contribution in [2.24, 2.45) is 0 Å². The van der Waals surface area contributed by atoms with Crippen LogP contribution in [0.5, 0.6) is 5.75 Å². The lowest BCUT2D eigenvalue weighted by molar-refractivity contribution is 0.102. The number of aromatic amines is 1. The number of hydrogen-bond acceptors (Lipinski definition) is 5. The van der Waals surface area contributed by atoms with Crippen molar-refractivity contribution in [3.05, 3.63) is 60.2 Å². The van der Waals surface area contributed by atoms with E-state index < -0.39 is 0 Å². The summed E-state index contributed by atoms with van der Waals surface area (Å²) in [5, 5.41) is 14.6. The smallest absolute Gasteiger partial charge is 0.255 e. The predicted octanol–water partition coefficient (Wildman–Crippen LogP) is 2.75. The molecule has 4 rings (SSSR count). The molecule has 8 nitrogen and oxygen atoms in total. The number of aromatic nitrogens is 4. The number of rotatable bonds is 7. The molecular weight excluding hydrogens is 368 g/mol. The van der Waals surface area contributed by atoms with Crippen LogP contribution in [0.4, 0.5) is 5.69 Å². The first-order valence-electron chi connectivity index (χ1n) is 9.91. The Morgan fingerprint density at radius 2 is 2.17 bits per heavy atom. The maximum atomic E-state index is 12.6. The molecule has 0 bridgehead atoms. The first kappa shape index (κ1) is 19.2. The Balaban J connectivity index is 1.39. The third kappa shape index (κ3) is 4.65. The van der Waals surface area contributed by atoms with Gasteiger partial charge in [0.25, 0.3) is 5.91 Å². The number of hydrogen-bond donors (Lipinski definition) is 2. The highest BCUT2D eigenvalue weighted by Crippen LogP contribution is 2.30. The maximum Gasteiger partial charge on any atom is 0.255 e. The second-order valence-electron chi connectivity index (χ2n) is 7.29. The lowest BCUT2D eigenvalue weighted by atomic mass is 9.94. The minimum atomic E-state index is -0.151. The number of carbonyl (C=O) groups excluding carboxylic acids is 1. The minimum absolute atomic E-state index is 0.151. The van der Waals surface area contributed by atoms with Crippen LogP contribution in [0.1, 0.15) is 34.8 Å². The standard InChI is InChI=1S/C21H26N6O2/c1-29-18-7-5-16(6-8-18)21(28)24-19-14-22-25-20(19)17-4-2-10-26(15-17)12-13-27-11-3-9-23-27/h3,5-9,11,14,17H,2,4,10,12-13,15H2,1H3,(H,22,25)(H,24,28)/t17-/m1/s1. The van der Waals surface area contributed by atoms with E-state index in [0.29, 0.717) is 11.5 Å². The van der Waals surface area contributed by atoms with Gasteiger partial charge in [0.05, 0.1) is 31.2 Å². The van der Waals surface area contributed by atoms with E-state index in [2.05, 4.69) is 25.5 Å². The highest BCUT2D eigenvalue weighted by molar-refractivity contribution is 6.04. The molecule has 2 N–H and O–H groups in total. The summed E-state index contributed by atoms with van der Waals surface area (Å²) in [4.78, 5) is 15.1. The van der Waals surface area contributed by atoms with Crippen molar-refractivity contribution in [3.63, 3.8) is 0 Å². The topological polar surface area (TPSA) is 88.1 Å². The first-order valence-corrected chi connectivity index (χ1v) is 9.91. The zero-order chi connectivity index (χ0) is 20.1. The van der Waals surface area contributed by atoms with Gasteiger partial charge in [-0.2, -0.15) is 10.2 Å².